The van der Waals surface area contributed by atoms with Crippen molar-refractivity contribution in [3.8, 4) is 0 Å². The highest BCUT2D eigenvalue weighted by Gasteiger charge is 2.61. The van der Waals surface area contributed by atoms with Crippen molar-refractivity contribution in [3.63, 3.8) is 0 Å². The fraction of sp³-hybridized carbons (Fsp3) is 0.594. The molecule has 0 saturated carbocycles. The van der Waals surface area contributed by atoms with Crippen LogP contribution in [0.1, 0.15) is 79.0 Å². The average molecular weight is 638 g/mol. The summed E-state index contributed by atoms with van der Waals surface area (Å²) in [5.74, 6) is 1.81. The lowest BCUT2D eigenvalue weighted by Gasteiger charge is -2.51. The van der Waals surface area contributed by atoms with Gasteiger partial charge in [0.1, 0.15) is 18.8 Å². The molecule has 3 aliphatic rings. The quantitative estimate of drug-likeness (QED) is 0.260. The highest BCUT2D eigenvalue weighted by Crippen LogP contribution is 2.48. The maximum absolute atomic E-state index is 7.37. The van der Waals surface area contributed by atoms with Gasteiger partial charge in [0.05, 0.1) is 19.8 Å². The summed E-state index contributed by atoms with van der Waals surface area (Å²) in [6.07, 6.45) is 4.47. The molecule has 44 heavy (non-hydrogen) atoms. The Hall–Kier alpha value is -2.78. The molecule has 0 amide bonds. The molecule has 1 aromatic carbocycles. The zero-order chi connectivity index (χ0) is 31.4. The SMILES string of the molecule is COC1=C(n2cnc3c(N[C@H]4CCc5ccccc54)ncnc32)O[C@@H]2CO[Si](C(C)C)(C(C)C)O[Si](C(C)C)(C(C)C)O[C@@H]12. The molecule has 3 atom stereocenters. The number of nitrogens with zero attached hydrogens (tertiary/aromatic N) is 4. The van der Waals surface area contributed by atoms with E-state index in [4.69, 9.17) is 27.4 Å². The first-order valence-corrected chi connectivity index (χ1v) is 20.0. The topological polar surface area (TPSA) is 102 Å². The Balaban J connectivity index is 1.39. The van der Waals surface area contributed by atoms with Crippen LogP contribution in [0.2, 0.25) is 22.2 Å². The van der Waals surface area contributed by atoms with Crippen LogP contribution in [0.25, 0.3) is 17.0 Å². The lowest BCUT2D eigenvalue weighted by atomic mass is 10.1. The molecule has 0 spiro atoms. The molecule has 6 rings (SSSR count). The smallest absolute Gasteiger partial charge is 0.335 e. The number of rotatable bonds is 8. The second-order valence-corrected chi connectivity index (χ2v) is 22.3. The van der Waals surface area contributed by atoms with E-state index in [0.717, 1.165) is 12.8 Å². The number of hydrogen-bond donors (Lipinski definition) is 1. The molecule has 238 valence electrons. The molecule has 3 aromatic rings. The largest absolute Gasteiger partial charge is 0.493 e. The average Bonchev–Trinajstić information content (AvgIpc) is 3.68. The third-order valence-corrected chi connectivity index (χ3v) is 19.8. The number of hydrogen-bond acceptors (Lipinski definition) is 9. The summed E-state index contributed by atoms with van der Waals surface area (Å²) in [6.45, 7) is 18.1. The molecule has 1 N–H and O–H groups in total. The number of fused-ring (bicyclic) bond motifs is 3. The highest BCUT2D eigenvalue weighted by molar-refractivity contribution is 6.84. The lowest BCUT2D eigenvalue weighted by Crippen LogP contribution is -2.65. The van der Waals surface area contributed by atoms with Gasteiger partial charge in [0.15, 0.2) is 28.8 Å². The predicted octanol–water partition coefficient (Wildman–Crippen LogP) is 7.05. The van der Waals surface area contributed by atoms with Gasteiger partial charge in [0, 0.05) is 0 Å². The molecule has 10 nitrogen and oxygen atoms in total. The van der Waals surface area contributed by atoms with Crippen LogP contribution in [0.3, 0.4) is 0 Å². The minimum atomic E-state index is -2.87. The first-order valence-electron chi connectivity index (χ1n) is 16.0. The Morgan fingerprint density at radius 1 is 0.932 bits per heavy atom. The third-order valence-electron chi connectivity index (χ3n) is 9.61. The zero-order valence-electron chi connectivity index (χ0n) is 27.5. The van der Waals surface area contributed by atoms with Crippen molar-refractivity contribution in [2.75, 3.05) is 19.0 Å². The van der Waals surface area contributed by atoms with Crippen molar-refractivity contribution in [1.82, 2.24) is 19.5 Å². The van der Waals surface area contributed by atoms with E-state index in [1.54, 1.807) is 19.8 Å². The van der Waals surface area contributed by atoms with Gasteiger partial charge in [0.2, 0.25) is 5.88 Å². The molecule has 4 heterocycles. The summed E-state index contributed by atoms with van der Waals surface area (Å²) in [5, 5.41) is 3.64. The van der Waals surface area contributed by atoms with E-state index < -0.39 is 29.3 Å². The van der Waals surface area contributed by atoms with E-state index in [1.807, 2.05) is 4.57 Å². The summed E-state index contributed by atoms with van der Waals surface area (Å²) >= 11 is 0. The van der Waals surface area contributed by atoms with E-state index in [1.165, 1.54) is 11.1 Å². The highest BCUT2D eigenvalue weighted by atomic mass is 28.5. The van der Waals surface area contributed by atoms with Crippen LogP contribution < -0.4 is 5.32 Å². The Bertz CT molecular complexity index is 1520. The molecule has 1 saturated heterocycles. The van der Waals surface area contributed by atoms with Crippen LogP contribution in [-0.4, -0.2) is 62.6 Å². The monoisotopic (exact) mass is 637 g/mol. The van der Waals surface area contributed by atoms with E-state index in [-0.39, 0.29) is 28.2 Å². The van der Waals surface area contributed by atoms with Crippen molar-refractivity contribution in [3.05, 3.63) is 53.8 Å². The Morgan fingerprint density at radius 2 is 1.64 bits per heavy atom. The molecule has 2 aromatic heterocycles. The summed E-state index contributed by atoms with van der Waals surface area (Å²) in [4.78, 5) is 14.0. The van der Waals surface area contributed by atoms with Gasteiger partial charge in [-0.15, -0.1) is 0 Å². The molecule has 0 unspecified atom stereocenters. The third kappa shape index (κ3) is 4.98. The molecular formula is C32H47N5O5Si2. The Kier molecular flexibility index (Phi) is 8.42. The number of anilines is 1. The minimum Gasteiger partial charge on any atom is -0.493 e. The molecule has 1 aliphatic carbocycles. The van der Waals surface area contributed by atoms with Crippen molar-refractivity contribution >= 4 is 40.0 Å². The van der Waals surface area contributed by atoms with E-state index in [9.17, 15) is 0 Å². The molecule has 1 fully saturated rings. The maximum atomic E-state index is 7.37. The minimum absolute atomic E-state index is 0.170. The lowest BCUT2D eigenvalue weighted by molar-refractivity contribution is -0.0163. The van der Waals surface area contributed by atoms with Gasteiger partial charge in [-0.3, -0.25) is 0 Å². The Morgan fingerprint density at radius 3 is 2.32 bits per heavy atom. The normalized spacial score (nSPS) is 24.5. The summed E-state index contributed by atoms with van der Waals surface area (Å²) in [5.41, 5.74) is 4.86. The number of ether oxygens (including phenoxy) is 2. The van der Waals surface area contributed by atoms with Crippen LogP contribution in [0.4, 0.5) is 5.82 Å². The van der Waals surface area contributed by atoms with Gasteiger partial charge in [-0.05, 0) is 46.1 Å². The van der Waals surface area contributed by atoms with Gasteiger partial charge in [0.25, 0.3) is 0 Å². The summed E-state index contributed by atoms with van der Waals surface area (Å²) in [7, 11) is -3.91. The maximum Gasteiger partial charge on any atom is 0.335 e. The van der Waals surface area contributed by atoms with Crippen molar-refractivity contribution < 1.29 is 22.4 Å². The van der Waals surface area contributed by atoms with Gasteiger partial charge >= 0.3 is 17.1 Å². The van der Waals surface area contributed by atoms with Crippen molar-refractivity contribution in [1.29, 1.82) is 0 Å². The molecular weight excluding hydrogens is 591 g/mol. The summed E-state index contributed by atoms with van der Waals surface area (Å²) in [6, 6.07) is 8.74. The second kappa shape index (κ2) is 11.9. The van der Waals surface area contributed by atoms with Crippen LogP contribution in [0.15, 0.2) is 42.7 Å². The van der Waals surface area contributed by atoms with E-state index in [0.29, 0.717) is 35.2 Å². The van der Waals surface area contributed by atoms with Crippen molar-refractivity contribution in [2.45, 2.75) is 109 Å². The number of imidazole rings is 1. The van der Waals surface area contributed by atoms with Gasteiger partial charge in [-0.1, -0.05) is 79.7 Å². The van der Waals surface area contributed by atoms with Crippen molar-refractivity contribution in [2.24, 2.45) is 0 Å². The van der Waals surface area contributed by atoms with E-state index >= 15 is 0 Å². The molecule has 0 radical (unpaired) electrons. The van der Waals surface area contributed by atoms with Crippen LogP contribution in [0.5, 0.6) is 0 Å². The first kappa shape index (κ1) is 31.2. The number of nitrogens with one attached hydrogen (secondary N) is 1. The first-order chi connectivity index (χ1) is 21.0. The standard InChI is InChI=1S/C32H47N5O5Si2/c1-19(2)43(20(3)4)39-16-26-28(41-44(42-43,21(5)6)22(7)8)29(38-9)32(40-26)37-18-35-27-30(33-17-34-31(27)37)36-25-15-14-23-12-10-11-13-24(23)25/h10-13,17-22,25-26,28H,14-16H2,1-9H3,(H,33,34,36)/t25-,26+,28+/m0/s1. The number of aryl methyl sites for hydroxylation is 1. The van der Waals surface area contributed by atoms with Crippen LogP contribution in [-0.2, 0) is 28.9 Å². The van der Waals surface area contributed by atoms with Gasteiger partial charge in [-0.2, -0.15) is 0 Å². The van der Waals surface area contributed by atoms with E-state index in [2.05, 4.69) is 94.9 Å². The number of aromatic nitrogens is 4. The van der Waals surface area contributed by atoms with Gasteiger partial charge < -0.3 is 27.8 Å². The number of benzene rings is 1. The van der Waals surface area contributed by atoms with Crippen LogP contribution in [0, 0.1) is 0 Å². The van der Waals surface area contributed by atoms with Crippen LogP contribution >= 0.6 is 0 Å². The molecule has 12 heteroatoms. The Labute approximate surface area is 263 Å². The molecule has 2 aliphatic heterocycles. The van der Waals surface area contributed by atoms with Gasteiger partial charge in [-0.25, -0.2) is 19.5 Å². The fourth-order valence-corrected chi connectivity index (χ4v) is 18.4. The zero-order valence-corrected chi connectivity index (χ0v) is 29.5. The fourth-order valence-electron chi connectivity index (χ4n) is 7.27. The summed E-state index contributed by atoms with van der Waals surface area (Å²) < 4.78 is 36.2. The molecule has 0 bridgehead atoms. The second-order valence-electron chi connectivity index (χ2n) is 13.5. The predicted molar refractivity (Wildman–Crippen MR) is 175 cm³/mol. The number of methoxy groups -OCH3 is 1.